The first kappa shape index (κ1) is 8.67. The Kier molecular flexibility index (Phi) is 2.10. The van der Waals surface area contributed by atoms with E-state index in [-0.39, 0.29) is 0 Å². The molecule has 64 valence electrons. The third-order valence-corrected chi connectivity index (χ3v) is 1.79. The maximum Gasteiger partial charge on any atom is 0.241 e. The van der Waals surface area contributed by atoms with Crippen LogP contribution in [0.3, 0.4) is 0 Å². The quantitative estimate of drug-likeness (QED) is 0.633. The summed E-state index contributed by atoms with van der Waals surface area (Å²) in [5.41, 5.74) is 10.4. The molecule has 0 aliphatic rings. The summed E-state index contributed by atoms with van der Waals surface area (Å²) in [6.45, 7) is 1.57. The van der Waals surface area contributed by atoms with E-state index in [1.807, 2.05) is 0 Å². The number of rotatable bonds is 2. The van der Waals surface area contributed by atoms with Crippen LogP contribution in [0, 0.1) is 0 Å². The van der Waals surface area contributed by atoms with E-state index >= 15 is 0 Å². The lowest BCUT2D eigenvalue weighted by atomic mass is 9.94. The topological polar surface area (TPSA) is 82.0 Å². The Morgan fingerprint density at radius 3 is 2.42 bits per heavy atom. The van der Waals surface area contributed by atoms with E-state index in [1.165, 1.54) is 0 Å². The Morgan fingerprint density at radius 2 is 2.00 bits per heavy atom. The summed E-state index contributed by atoms with van der Waals surface area (Å²) in [6.07, 6.45) is 3.15. The number of nitrogens with two attached hydrogens (primary N) is 2. The van der Waals surface area contributed by atoms with Crippen molar-refractivity contribution >= 4 is 5.91 Å². The van der Waals surface area contributed by atoms with Gasteiger partial charge in [-0.3, -0.25) is 9.78 Å². The Hall–Kier alpha value is -1.42. The Balaban J connectivity index is 3.06. The normalized spacial score (nSPS) is 15.2. The molecule has 0 aromatic carbocycles. The third kappa shape index (κ3) is 1.43. The van der Waals surface area contributed by atoms with Crippen molar-refractivity contribution in [3.8, 4) is 0 Å². The van der Waals surface area contributed by atoms with E-state index in [1.54, 1.807) is 31.5 Å². The zero-order valence-electron chi connectivity index (χ0n) is 6.82. The molecule has 0 unspecified atom stereocenters. The minimum Gasteiger partial charge on any atom is -0.368 e. The average molecular weight is 165 g/mol. The monoisotopic (exact) mass is 165 g/mol. The number of hydrogen-bond acceptors (Lipinski definition) is 3. The molecule has 4 nitrogen and oxygen atoms in total. The SMILES string of the molecule is C[C@@](N)(C(N)=O)c1ccncc1. The molecule has 1 atom stereocenters. The maximum absolute atomic E-state index is 10.9. The molecule has 12 heavy (non-hydrogen) atoms. The van der Waals surface area contributed by atoms with Gasteiger partial charge in [0.1, 0.15) is 5.54 Å². The molecule has 1 heterocycles. The highest BCUT2D eigenvalue weighted by Gasteiger charge is 2.27. The summed E-state index contributed by atoms with van der Waals surface area (Å²) in [6, 6.07) is 3.34. The second kappa shape index (κ2) is 2.91. The molecule has 0 radical (unpaired) electrons. The average Bonchev–Trinajstić information content (AvgIpc) is 2.06. The minimum absolute atomic E-state index is 0.547. The van der Waals surface area contributed by atoms with Gasteiger partial charge in [-0.1, -0.05) is 0 Å². The number of primary amides is 1. The standard InChI is InChI=1S/C8H11N3O/c1-8(10,7(9)12)6-2-4-11-5-3-6/h2-5H,10H2,1H3,(H2,9,12)/t8-/m0/s1. The highest BCUT2D eigenvalue weighted by atomic mass is 16.1. The van der Waals surface area contributed by atoms with Crippen LogP contribution in [-0.2, 0) is 10.3 Å². The van der Waals surface area contributed by atoms with Crippen molar-refractivity contribution in [1.82, 2.24) is 4.98 Å². The molecule has 0 saturated carbocycles. The molecule has 1 rings (SSSR count). The number of aromatic nitrogens is 1. The Labute approximate surface area is 70.6 Å². The van der Waals surface area contributed by atoms with Gasteiger partial charge in [-0.05, 0) is 24.6 Å². The van der Waals surface area contributed by atoms with Gasteiger partial charge in [-0.2, -0.15) is 0 Å². The third-order valence-electron chi connectivity index (χ3n) is 1.79. The maximum atomic E-state index is 10.9. The molecular formula is C8H11N3O. The van der Waals surface area contributed by atoms with E-state index in [4.69, 9.17) is 11.5 Å². The first-order valence-corrected chi connectivity index (χ1v) is 3.54. The van der Waals surface area contributed by atoms with Crippen LogP contribution in [0.2, 0.25) is 0 Å². The van der Waals surface area contributed by atoms with Crippen molar-refractivity contribution in [2.24, 2.45) is 11.5 Å². The molecule has 1 aromatic rings. The number of amides is 1. The molecule has 0 aliphatic carbocycles. The lowest BCUT2D eigenvalue weighted by Crippen LogP contribution is -2.46. The molecule has 0 fully saturated rings. The number of hydrogen-bond donors (Lipinski definition) is 2. The Bertz CT molecular complexity index is 282. The lowest BCUT2D eigenvalue weighted by molar-refractivity contribution is -0.122. The number of carbonyl (C=O) groups excluding carboxylic acids is 1. The van der Waals surface area contributed by atoms with Crippen molar-refractivity contribution in [3.63, 3.8) is 0 Å². The van der Waals surface area contributed by atoms with Crippen molar-refractivity contribution in [2.75, 3.05) is 0 Å². The number of pyridine rings is 1. The predicted octanol–water partition coefficient (Wildman–Crippen LogP) is -0.259. The fourth-order valence-corrected chi connectivity index (χ4v) is 0.840. The molecule has 1 aromatic heterocycles. The van der Waals surface area contributed by atoms with Crippen LogP contribution in [0.25, 0.3) is 0 Å². The summed E-state index contributed by atoms with van der Waals surface area (Å²) in [5, 5.41) is 0. The lowest BCUT2D eigenvalue weighted by Gasteiger charge is -2.20. The summed E-state index contributed by atoms with van der Waals surface area (Å²) in [4.78, 5) is 14.7. The van der Waals surface area contributed by atoms with Gasteiger partial charge in [-0.15, -0.1) is 0 Å². The van der Waals surface area contributed by atoms with Gasteiger partial charge in [-0.25, -0.2) is 0 Å². The van der Waals surface area contributed by atoms with Gasteiger partial charge < -0.3 is 11.5 Å². The zero-order valence-corrected chi connectivity index (χ0v) is 6.82. The molecule has 4 N–H and O–H groups in total. The van der Waals surface area contributed by atoms with Crippen LogP contribution in [0.1, 0.15) is 12.5 Å². The van der Waals surface area contributed by atoms with Crippen molar-refractivity contribution in [3.05, 3.63) is 30.1 Å². The molecule has 0 saturated heterocycles. The predicted molar refractivity (Wildman–Crippen MR) is 45.0 cm³/mol. The zero-order chi connectivity index (χ0) is 9.19. The smallest absolute Gasteiger partial charge is 0.241 e. The summed E-state index contributed by atoms with van der Waals surface area (Å²) >= 11 is 0. The highest BCUT2D eigenvalue weighted by molar-refractivity contribution is 5.85. The van der Waals surface area contributed by atoms with Crippen LogP contribution in [0.5, 0.6) is 0 Å². The second-order valence-corrected chi connectivity index (χ2v) is 2.80. The van der Waals surface area contributed by atoms with Gasteiger partial charge in [0, 0.05) is 12.4 Å². The van der Waals surface area contributed by atoms with Crippen molar-refractivity contribution in [1.29, 1.82) is 0 Å². The molecule has 0 spiro atoms. The van der Waals surface area contributed by atoms with E-state index in [0.29, 0.717) is 5.56 Å². The molecular weight excluding hydrogens is 154 g/mol. The molecule has 0 bridgehead atoms. The fourth-order valence-electron chi connectivity index (χ4n) is 0.840. The van der Waals surface area contributed by atoms with Crippen LogP contribution in [-0.4, -0.2) is 10.9 Å². The van der Waals surface area contributed by atoms with Crippen LogP contribution in [0.4, 0.5) is 0 Å². The molecule has 0 aliphatic heterocycles. The van der Waals surface area contributed by atoms with Crippen LogP contribution < -0.4 is 11.5 Å². The van der Waals surface area contributed by atoms with Crippen molar-refractivity contribution in [2.45, 2.75) is 12.5 Å². The van der Waals surface area contributed by atoms with E-state index in [2.05, 4.69) is 4.98 Å². The van der Waals surface area contributed by atoms with E-state index < -0.39 is 11.4 Å². The second-order valence-electron chi connectivity index (χ2n) is 2.80. The van der Waals surface area contributed by atoms with Gasteiger partial charge in [0.2, 0.25) is 5.91 Å². The highest BCUT2D eigenvalue weighted by Crippen LogP contribution is 2.15. The first-order valence-electron chi connectivity index (χ1n) is 3.54. The van der Waals surface area contributed by atoms with Crippen LogP contribution >= 0.6 is 0 Å². The van der Waals surface area contributed by atoms with Crippen LogP contribution in [0.15, 0.2) is 24.5 Å². The summed E-state index contributed by atoms with van der Waals surface area (Å²) < 4.78 is 0. The first-order chi connectivity index (χ1) is 5.55. The molecule has 1 amide bonds. The van der Waals surface area contributed by atoms with Gasteiger partial charge >= 0.3 is 0 Å². The Morgan fingerprint density at radius 1 is 1.50 bits per heavy atom. The van der Waals surface area contributed by atoms with Gasteiger partial charge in [0.25, 0.3) is 0 Å². The number of carbonyl (C=O) groups is 1. The van der Waals surface area contributed by atoms with Crippen molar-refractivity contribution < 1.29 is 4.79 Å². The summed E-state index contributed by atoms with van der Waals surface area (Å²) in [5.74, 6) is -0.547. The fraction of sp³-hybridized carbons (Fsp3) is 0.250. The molecule has 4 heteroatoms. The largest absolute Gasteiger partial charge is 0.368 e. The van der Waals surface area contributed by atoms with E-state index in [0.717, 1.165) is 0 Å². The van der Waals surface area contributed by atoms with Gasteiger partial charge in [0.05, 0.1) is 0 Å². The summed E-state index contributed by atoms with van der Waals surface area (Å²) in [7, 11) is 0. The minimum atomic E-state index is -1.11. The number of nitrogens with zero attached hydrogens (tertiary/aromatic N) is 1. The van der Waals surface area contributed by atoms with E-state index in [9.17, 15) is 4.79 Å². The van der Waals surface area contributed by atoms with Gasteiger partial charge in [0.15, 0.2) is 0 Å².